The largest absolute Gasteiger partial charge is 0.394 e. The topological polar surface area (TPSA) is 119 Å². The lowest BCUT2D eigenvalue weighted by Crippen LogP contribution is -2.53. The van der Waals surface area contributed by atoms with E-state index in [1.807, 2.05) is 9.47 Å². The van der Waals surface area contributed by atoms with Crippen LogP contribution in [-0.4, -0.2) is 66.3 Å². The van der Waals surface area contributed by atoms with Crippen molar-refractivity contribution in [1.29, 1.82) is 0 Å². The Morgan fingerprint density at radius 2 is 2.21 bits per heavy atom. The van der Waals surface area contributed by atoms with Crippen LogP contribution in [0.25, 0.3) is 11.2 Å². The summed E-state index contributed by atoms with van der Waals surface area (Å²) in [5.41, 5.74) is 6.66. The number of nitrogens with zero attached hydrogens (tertiary/aromatic N) is 5. The molecule has 2 aromatic heterocycles. The highest BCUT2D eigenvalue weighted by Gasteiger charge is 2.46. The van der Waals surface area contributed by atoms with E-state index in [1.165, 1.54) is 6.33 Å². The van der Waals surface area contributed by atoms with Crippen molar-refractivity contribution in [3.8, 4) is 0 Å². The van der Waals surface area contributed by atoms with Gasteiger partial charge in [0.1, 0.15) is 17.9 Å². The van der Waals surface area contributed by atoms with Gasteiger partial charge in [-0.05, 0) is 38.0 Å². The lowest BCUT2D eigenvalue weighted by molar-refractivity contribution is -0.149. The average molecular weight is 402 g/mol. The van der Waals surface area contributed by atoms with Gasteiger partial charge in [-0.15, -0.1) is 0 Å². The maximum atomic E-state index is 13.2. The van der Waals surface area contributed by atoms with E-state index in [1.54, 1.807) is 6.33 Å². The zero-order valence-electron chi connectivity index (χ0n) is 17.1. The Labute approximate surface area is 170 Å². The smallest absolute Gasteiger partial charge is 0.252 e. The number of nitrogens with two attached hydrogens (primary N) is 1. The molecule has 9 nitrogen and oxygen atoms in total. The second kappa shape index (κ2) is 7.87. The minimum absolute atomic E-state index is 0.00915. The van der Waals surface area contributed by atoms with Crippen molar-refractivity contribution >= 4 is 22.9 Å². The fourth-order valence-electron chi connectivity index (χ4n) is 4.93. The zero-order chi connectivity index (χ0) is 20.6. The molecule has 4 heterocycles. The van der Waals surface area contributed by atoms with Crippen LogP contribution in [0.1, 0.15) is 46.0 Å². The highest BCUT2D eigenvalue weighted by atomic mass is 16.5. The molecule has 1 amide bonds. The van der Waals surface area contributed by atoms with Gasteiger partial charge in [-0.1, -0.05) is 13.8 Å². The molecular weight excluding hydrogens is 372 g/mol. The van der Waals surface area contributed by atoms with Crippen LogP contribution in [0.5, 0.6) is 0 Å². The quantitative estimate of drug-likeness (QED) is 0.748. The first kappa shape index (κ1) is 20.0. The third kappa shape index (κ3) is 3.69. The maximum Gasteiger partial charge on any atom is 0.252 e. The average Bonchev–Trinajstić information content (AvgIpc) is 3.41. The van der Waals surface area contributed by atoms with Gasteiger partial charge in [0, 0.05) is 6.54 Å². The van der Waals surface area contributed by atoms with Gasteiger partial charge in [0.2, 0.25) is 0 Å². The second-order valence-electron chi connectivity index (χ2n) is 8.73. The predicted molar refractivity (Wildman–Crippen MR) is 108 cm³/mol. The van der Waals surface area contributed by atoms with E-state index < -0.39 is 11.6 Å². The van der Waals surface area contributed by atoms with Crippen LogP contribution >= 0.6 is 0 Å². The molecule has 9 heteroatoms. The van der Waals surface area contributed by atoms with Crippen molar-refractivity contribution in [2.24, 2.45) is 5.92 Å². The minimum Gasteiger partial charge on any atom is -0.394 e. The third-order valence-corrected chi connectivity index (χ3v) is 6.16. The predicted octanol–water partition coefficient (Wildman–Crippen LogP) is 1.36. The molecule has 3 N–H and O–H groups in total. The normalized spacial score (nSPS) is 27.4. The fraction of sp³-hybridized carbons (Fsp3) is 0.700. The summed E-state index contributed by atoms with van der Waals surface area (Å²) in [5, 5.41) is 10.1. The molecule has 1 unspecified atom stereocenters. The van der Waals surface area contributed by atoms with E-state index in [0.29, 0.717) is 42.4 Å². The number of likely N-dealkylation sites (tertiary alicyclic amines) is 1. The van der Waals surface area contributed by atoms with Crippen LogP contribution in [0.2, 0.25) is 0 Å². The van der Waals surface area contributed by atoms with Gasteiger partial charge in [0.25, 0.3) is 5.91 Å². The molecule has 2 fully saturated rings. The number of aliphatic hydroxyl groups is 1. The van der Waals surface area contributed by atoms with Crippen molar-refractivity contribution < 1.29 is 14.6 Å². The number of hydrogen-bond donors (Lipinski definition) is 2. The van der Waals surface area contributed by atoms with Gasteiger partial charge in [0.15, 0.2) is 11.5 Å². The van der Waals surface area contributed by atoms with E-state index in [9.17, 15) is 9.90 Å². The summed E-state index contributed by atoms with van der Waals surface area (Å²) < 4.78 is 8.04. The van der Waals surface area contributed by atoms with Gasteiger partial charge < -0.3 is 25.0 Å². The van der Waals surface area contributed by atoms with Gasteiger partial charge in [-0.25, -0.2) is 15.0 Å². The summed E-state index contributed by atoms with van der Waals surface area (Å²) in [6, 6.07) is 0. The highest BCUT2D eigenvalue weighted by molar-refractivity contribution is 5.82. The van der Waals surface area contributed by atoms with Crippen LogP contribution in [0.4, 0.5) is 5.82 Å². The van der Waals surface area contributed by atoms with E-state index in [0.717, 1.165) is 25.7 Å². The number of ether oxygens (including phenoxy) is 1. The first-order valence-corrected chi connectivity index (χ1v) is 10.4. The number of carbonyl (C=O) groups is 1. The summed E-state index contributed by atoms with van der Waals surface area (Å²) in [7, 11) is 0. The van der Waals surface area contributed by atoms with Crippen LogP contribution in [0.3, 0.4) is 0 Å². The van der Waals surface area contributed by atoms with Crippen molar-refractivity contribution in [1.82, 2.24) is 24.4 Å². The van der Waals surface area contributed by atoms with Gasteiger partial charge in [-0.3, -0.25) is 4.79 Å². The van der Waals surface area contributed by atoms with Crippen molar-refractivity contribution in [3.05, 3.63) is 12.7 Å². The van der Waals surface area contributed by atoms with E-state index in [4.69, 9.17) is 10.5 Å². The maximum absolute atomic E-state index is 13.2. The lowest BCUT2D eigenvalue weighted by Gasteiger charge is -2.39. The molecule has 2 aliphatic rings. The Kier molecular flexibility index (Phi) is 5.44. The summed E-state index contributed by atoms with van der Waals surface area (Å²) in [4.78, 5) is 27.7. The summed E-state index contributed by atoms with van der Waals surface area (Å²) in [6.07, 6.45) is 6.64. The molecule has 0 bridgehead atoms. The Hall–Kier alpha value is -2.26. The minimum atomic E-state index is -0.453. The molecule has 0 radical (unpaired) electrons. The number of carbonyl (C=O) groups excluding carboxylic acids is 1. The van der Waals surface area contributed by atoms with Crippen molar-refractivity contribution in [3.63, 3.8) is 0 Å². The molecular formula is C20H30N6O3. The number of amides is 1. The SMILES string of the molecule is CC(C)CC1(CO)CCCN1C(=O)[C@@H]1CC[C@H](Cn2cnc3c(N)ncnc32)O1. The Bertz CT molecular complexity index is 884. The molecule has 0 aliphatic carbocycles. The molecule has 2 aromatic rings. The molecule has 3 atom stereocenters. The number of aromatic nitrogens is 4. The Morgan fingerprint density at radius 3 is 2.97 bits per heavy atom. The lowest BCUT2D eigenvalue weighted by atomic mass is 9.86. The standard InChI is InChI=1S/C20H30N6O3/c1-13(2)8-20(10-27)6-3-7-26(20)19(28)15-5-4-14(29-15)9-25-12-24-16-17(21)22-11-23-18(16)25/h11-15,27H,3-10H2,1-2H3,(H2,21,22,23)/t14-,15+,20?/m1/s1. The van der Waals surface area contributed by atoms with Crippen molar-refractivity contribution in [2.75, 3.05) is 18.9 Å². The molecule has 29 heavy (non-hydrogen) atoms. The monoisotopic (exact) mass is 402 g/mol. The first-order valence-electron chi connectivity index (χ1n) is 10.4. The van der Waals surface area contributed by atoms with E-state index in [2.05, 4.69) is 28.8 Å². The summed E-state index contributed by atoms with van der Waals surface area (Å²) in [5.74, 6) is 0.784. The number of rotatable bonds is 6. The second-order valence-corrected chi connectivity index (χ2v) is 8.73. The van der Waals surface area contributed by atoms with Crippen LogP contribution in [0.15, 0.2) is 12.7 Å². The summed E-state index contributed by atoms with van der Waals surface area (Å²) in [6.45, 7) is 5.53. The Balaban J connectivity index is 1.44. The molecule has 4 rings (SSSR count). The fourth-order valence-corrected chi connectivity index (χ4v) is 4.93. The highest BCUT2D eigenvalue weighted by Crippen LogP contribution is 2.37. The number of fused-ring (bicyclic) bond motifs is 1. The number of hydrogen-bond acceptors (Lipinski definition) is 7. The number of imidazole rings is 1. The number of aliphatic hydroxyl groups excluding tert-OH is 1. The van der Waals surface area contributed by atoms with Gasteiger partial charge in [0.05, 0.1) is 31.1 Å². The summed E-state index contributed by atoms with van der Waals surface area (Å²) >= 11 is 0. The van der Waals surface area contributed by atoms with Crippen LogP contribution in [-0.2, 0) is 16.1 Å². The van der Waals surface area contributed by atoms with Crippen LogP contribution in [0, 0.1) is 5.92 Å². The first-order chi connectivity index (χ1) is 13.9. The Morgan fingerprint density at radius 1 is 1.38 bits per heavy atom. The third-order valence-electron chi connectivity index (χ3n) is 6.16. The molecule has 0 spiro atoms. The molecule has 2 saturated heterocycles. The number of anilines is 1. The number of nitrogen functional groups attached to an aromatic ring is 1. The molecule has 158 valence electrons. The van der Waals surface area contributed by atoms with Crippen LogP contribution < -0.4 is 5.73 Å². The van der Waals surface area contributed by atoms with E-state index >= 15 is 0 Å². The molecule has 0 aromatic carbocycles. The molecule has 0 saturated carbocycles. The van der Waals surface area contributed by atoms with E-state index in [-0.39, 0.29) is 18.6 Å². The molecule has 2 aliphatic heterocycles. The van der Waals surface area contributed by atoms with Crippen molar-refractivity contribution in [2.45, 2.75) is 70.2 Å². The van der Waals surface area contributed by atoms with Gasteiger partial charge in [-0.2, -0.15) is 0 Å². The van der Waals surface area contributed by atoms with Gasteiger partial charge >= 0.3 is 0 Å². The zero-order valence-corrected chi connectivity index (χ0v) is 17.1.